The summed E-state index contributed by atoms with van der Waals surface area (Å²) in [6.45, 7) is 4.19. The van der Waals surface area contributed by atoms with Crippen molar-refractivity contribution in [2.75, 3.05) is 13.1 Å². The Hall–Kier alpha value is -0.570. The van der Waals surface area contributed by atoms with E-state index < -0.39 is 0 Å². The van der Waals surface area contributed by atoms with Gasteiger partial charge in [0.15, 0.2) is 0 Å². The first-order chi connectivity index (χ1) is 6.75. The Bertz CT molecular complexity index is 213. The van der Waals surface area contributed by atoms with Crippen LogP contribution in [0.15, 0.2) is 0 Å². The summed E-state index contributed by atoms with van der Waals surface area (Å²) >= 11 is 0. The standard InChI is InChI=1S/C11H20N2O/c1-8-2-3-9(6-8)7-13-11(14)10-4-5-12-10/h8-10,12H,2-7H2,1H3,(H,13,14). The molecule has 2 N–H and O–H groups in total. The van der Waals surface area contributed by atoms with Crippen molar-refractivity contribution in [1.82, 2.24) is 10.6 Å². The monoisotopic (exact) mass is 196 g/mol. The van der Waals surface area contributed by atoms with Gasteiger partial charge in [0.05, 0.1) is 6.04 Å². The first-order valence-electron chi connectivity index (χ1n) is 5.77. The van der Waals surface area contributed by atoms with Crippen molar-refractivity contribution in [2.45, 2.75) is 38.6 Å². The second-order valence-corrected chi connectivity index (χ2v) is 4.82. The minimum atomic E-state index is 0.105. The van der Waals surface area contributed by atoms with Gasteiger partial charge in [0.1, 0.15) is 0 Å². The van der Waals surface area contributed by atoms with Gasteiger partial charge in [-0.25, -0.2) is 0 Å². The summed E-state index contributed by atoms with van der Waals surface area (Å²) in [6, 6.07) is 0.105. The fraction of sp³-hybridized carbons (Fsp3) is 0.909. The van der Waals surface area contributed by atoms with Crippen molar-refractivity contribution >= 4 is 5.91 Å². The van der Waals surface area contributed by atoms with Crippen LogP contribution in [-0.4, -0.2) is 25.0 Å². The van der Waals surface area contributed by atoms with Crippen molar-refractivity contribution in [3.63, 3.8) is 0 Å². The van der Waals surface area contributed by atoms with Gasteiger partial charge in [-0.3, -0.25) is 4.79 Å². The van der Waals surface area contributed by atoms with Gasteiger partial charge in [-0.1, -0.05) is 13.3 Å². The van der Waals surface area contributed by atoms with Gasteiger partial charge in [0.2, 0.25) is 5.91 Å². The van der Waals surface area contributed by atoms with Crippen molar-refractivity contribution in [3.8, 4) is 0 Å². The highest BCUT2D eigenvalue weighted by Crippen LogP contribution is 2.29. The maximum absolute atomic E-state index is 11.5. The number of hydrogen-bond acceptors (Lipinski definition) is 2. The van der Waals surface area contributed by atoms with Gasteiger partial charge >= 0.3 is 0 Å². The molecule has 1 aliphatic heterocycles. The molecule has 1 saturated heterocycles. The van der Waals surface area contributed by atoms with E-state index in [9.17, 15) is 4.79 Å². The molecule has 2 fully saturated rings. The molecule has 3 atom stereocenters. The lowest BCUT2D eigenvalue weighted by Gasteiger charge is -2.26. The highest BCUT2D eigenvalue weighted by molar-refractivity contribution is 5.82. The minimum absolute atomic E-state index is 0.105. The molecule has 1 saturated carbocycles. The summed E-state index contributed by atoms with van der Waals surface area (Å²) in [7, 11) is 0. The fourth-order valence-electron chi connectivity index (χ4n) is 2.39. The molecular formula is C11H20N2O. The van der Waals surface area contributed by atoms with E-state index >= 15 is 0 Å². The van der Waals surface area contributed by atoms with Crippen molar-refractivity contribution < 1.29 is 4.79 Å². The summed E-state index contributed by atoms with van der Waals surface area (Å²) in [5.41, 5.74) is 0. The molecular weight excluding hydrogens is 176 g/mol. The zero-order valence-electron chi connectivity index (χ0n) is 8.88. The predicted molar refractivity (Wildman–Crippen MR) is 55.9 cm³/mol. The van der Waals surface area contributed by atoms with E-state index in [4.69, 9.17) is 0 Å². The lowest BCUT2D eigenvalue weighted by Crippen LogP contribution is -2.53. The number of amides is 1. The second-order valence-electron chi connectivity index (χ2n) is 4.82. The van der Waals surface area contributed by atoms with Crippen LogP contribution in [0.5, 0.6) is 0 Å². The molecule has 3 heteroatoms. The first kappa shape index (κ1) is 9.97. The van der Waals surface area contributed by atoms with Crippen LogP contribution in [0.1, 0.15) is 32.6 Å². The van der Waals surface area contributed by atoms with Crippen LogP contribution in [-0.2, 0) is 4.79 Å². The van der Waals surface area contributed by atoms with Crippen LogP contribution >= 0.6 is 0 Å². The molecule has 2 aliphatic rings. The lowest BCUT2D eigenvalue weighted by molar-refractivity contribution is -0.124. The van der Waals surface area contributed by atoms with Gasteiger partial charge in [0, 0.05) is 6.54 Å². The molecule has 0 aromatic heterocycles. The summed E-state index contributed by atoms with van der Waals surface area (Å²) in [5, 5.41) is 6.16. The average molecular weight is 196 g/mol. The van der Waals surface area contributed by atoms with Crippen LogP contribution < -0.4 is 10.6 Å². The normalized spacial score (nSPS) is 36.5. The predicted octanol–water partition coefficient (Wildman–Crippen LogP) is 0.901. The Morgan fingerprint density at radius 2 is 2.21 bits per heavy atom. The largest absolute Gasteiger partial charge is 0.354 e. The molecule has 0 radical (unpaired) electrons. The Balaban J connectivity index is 1.64. The zero-order valence-corrected chi connectivity index (χ0v) is 8.88. The molecule has 0 bridgehead atoms. The molecule has 0 spiro atoms. The quantitative estimate of drug-likeness (QED) is 0.704. The lowest BCUT2D eigenvalue weighted by atomic mass is 10.0. The minimum Gasteiger partial charge on any atom is -0.354 e. The first-order valence-corrected chi connectivity index (χ1v) is 5.77. The molecule has 14 heavy (non-hydrogen) atoms. The highest BCUT2D eigenvalue weighted by atomic mass is 16.2. The van der Waals surface area contributed by atoms with Crippen molar-refractivity contribution in [1.29, 1.82) is 0 Å². The van der Waals surface area contributed by atoms with E-state index in [1.54, 1.807) is 0 Å². The smallest absolute Gasteiger partial charge is 0.237 e. The number of hydrogen-bond donors (Lipinski definition) is 2. The van der Waals surface area contributed by atoms with Crippen molar-refractivity contribution in [2.24, 2.45) is 11.8 Å². The van der Waals surface area contributed by atoms with Crippen LogP contribution in [0.2, 0.25) is 0 Å². The van der Waals surface area contributed by atoms with Crippen LogP contribution in [0.3, 0.4) is 0 Å². The van der Waals surface area contributed by atoms with Crippen LogP contribution in [0.25, 0.3) is 0 Å². The number of rotatable bonds is 3. The fourth-order valence-corrected chi connectivity index (χ4v) is 2.39. The van der Waals surface area contributed by atoms with E-state index in [1.807, 2.05) is 0 Å². The molecule has 2 rings (SSSR count). The van der Waals surface area contributed by atoms with E-state index in [-0.39, 0.29) is 11.9 Å². The summed E-state index contributed by atoms with van der Waals surface area (Å²) in [5.74, 6) is 1.79. The average Bonchev–Trinajstić information content (AvgIpc) is 2.45. The topological polar surface area (TPSA) is 41.1 Å². The molecule has 0 aromatic carbocycles. The third kappa shape index (κ3) is 2.27. The van der Waals surface area contributed by atoms with Gasteiger partial charge < -0.3 is 10.6 Å². The highest BCUT2D eigenvalue weighted by Gasteiger charge is 2.26. The van der Waals surface area contributed by atoms with Gasteiger partial charge in [-0.2, -0.15) is 0 Å². The number of carbonyl (C=O) groups excluding carboxylic acids is 1. The summed E-state index contributed by atoms with van der Waals surface area (Å²) in [6.07, 6.45) is 4.92. The molecule has 1 heterocycles. The maximum atomic E-state index is 11.5. The molecule has 3 unspecified atom stereocenters. The Morgan fingerprint density at radius 1 is 1.43 bits per heavy atom. The molecule has 3 nitrogen and oxygen atoms in total. The van der Waals surface area contributed by atoms with Crippen LogP contribution in [0, 0.1) is 11.8 Å². The maximum Gasteiger partial charge on any atom is 0.237 e. The summed E-state index contributed by atoms with van der Waals surface area (Å²) < 4.78 is 0. The third-order valence-electron chi connectivity index (χ3n) is 3.51. The third-order valence-corrected chi connectivity index (χ3v) is 3.51. The molecule has 80 valence electrons. The molecule has 1 aliphatic carbocycles. The Labute approximate surface area is 85.6 Å². The Morgan fingerprint density at radius 3 is 2.71 bits per heavy atom. The molecule has 1 amide bonds. The van der Waals surface area contributed by atoms with E-state index in [2.05, 4.69) is 17.6 Å². The van der Waals surface area contributed by atoms with Gasteiger partial charge in [0.25, 0.3) is 0 Å². The number of carbonyl (C=O) groups is 1. The SMILES string of the molecule is CC1CCC(CNC(=O)C2CCN2)C1. The Kier molecular flexibility index (Phi) is 3.06. The molecule has 0 aromatic rings. The summed E-state index contributed by atoms with van der Waals surface area (Å²) in [4.78, 5) is 11.5. The van der Waals surface area contributed by atoms with Crippen molar-refractivity contribution in [3.05, 3.63) is 0 Å². The zero-order chi connectivity index (χ0) is 9.97. The van der Waals surface area contributed by atoms with Crippen LogP contribution in [0.4, 0.5) is 0 Å². The van der Waals surface area contributed by atoms with E-state index in [1.165, 1.54) is 19.3 Å². The van der Waals surface area contributed by atoms with E-state index in [0.29, 0.717) is 0 Å². The van der Waals surface area contributed by atoms with Gasteiger partial charge in [-0.15, -0.1) is 0 Å². The van der Waals surface area contributed by atoms with Gasteiger partial charge in [-0.05, 0) is 37.6 Å². The van der Waals surface area contributed by atoms with E-state index in [0.717, 1.165) is 31.3 Å². The second kappa shape index (κ2) is 4.30. The number of nitrogens with one attached hydrogen (secondary N) is 2.